The number of nitrogens with two attached hydrogens (primary N) is 1. The van der Waals surface area contributed by atoms with Crippen LogP contribution in [0.4, 0.5) is 20.2 Å². The van der Waals surface area contributed by atoms with Crippen molar-refractivity contribution in [2.75, 3.05) is 10.5 Å². The fourth-order valence-electron chi connectivity index (χ4n) is 1.64. The van der Waals surface area contributed by atoms with E-state index in [1.807, 2.05) is 6.07 Å². The van der Waals surface area contributed by atoms with E-state index in [2.05, 4.69) is 4.72 Å². The Balaban J connectivity index is 2.46. The van der Waals surface area contributed by atoms with E-state index in [0.717, 1.165) is 6.07 Å². The van der Waals surface area contributed by atoms with Gasteiger partial charge in [-0.25, -0.2) is 17.2 Å². The summed E-state index contributed by atoms with van der Waals surface area (Å²) in [6, 6.07) is 8.89. The summed E-state index contributed by atoms with van der Waals surface area (Å²) >= 11 is 0. The topological polar surface area (TPSA) is 96.0 Å². The van der Waals surface area contributed by atoms with E-state index in [9.17, 15) is 17.2 Å². The van der Waals surface area contributed by atoms with E-state index in [-0.39, 0.29) is 16.9 Å². The number of nitrogens with zero attached hydrogens (tertiary/aromatic N) is 1. The highest BCUT2D eigenvalue weighted by Gasteiger charge is 2.23. The molecule has 0 saturated heterocycles. The molecule has 0 bridgehead atoms. The predicted octanol–water partition coefficient (Wildman–Crippen LogP) is 2.22. The SMILES string of the molecule is N#Cc1cccc(NS(=O)(=O)c2cc(N)cc(F)c2F)c1. The molecule has 0 unspecified atom stereocenters. The minimum absolute atomic E-state index is 0.0521. The van der Waals surface area contributed by atoms with Crippen LogP contribution in [0.25, 0.3) is 0 Å². The van der Waals surface area contributed by atoms with Crippen LogP contribution in [0, 0.1) is 23.0 Å². The number of hydrogen-bond donors (Lipinski definition) is 2. The Morgan fingerprint density at radius 3 is 2.57 bits per heavy atom. The van der Waals surface area contributed by atoms with Crippen LogP contribution in [-0.4, -0.2) is 8.42 Å². The van der Waals surface area contributed by atoms with Crippen molar-refractivity contribution in [3.63, 3.8) is 0 Å². The van der Waals surface area contributed by atoms with Gasteiger partial charge in [-0.05, 0) is 30.3 Å². The molecule has 0 aliphatic carbocycles. The summed E-state index contributed by atoms with van der Waals surface area (Å²) in [7, 11) is -4.37. The first-order chi connectivity index (χ1) is 9.83. The normalized spacial score (nSPS) is 10.9. The first-order valence-electron chi connectivity index (χ1n) is 5.61. The molecule has 0 heterocycles. The van der Waals surface area contributed by atoms with Crippen molar-refractivity contribution < 1.29 is 17.2 Å². The van der Waals surface area contributed by atoms with Crippen molar-refractivity contribution in [2.45, 2.75) is 4.90 Å². The molecular weight excluding hydrogens is 300 g/mol. The van der Waals surface area contributed by atoms with Crippen molar-refractivity contribution in [2.24, 2.45) is 0 Å². The number of anilines is 2. The highest BCUT2D eigenvalue weighted by molar-refractivity contribution is 7.92. The van der Waals surface area contributed by atoms with Gasteiger partial charge in [0, 0.05) is 5.69 Å². The second-order valence-electron chi connectivity index (χ2n) is 4.11. The second-order valence-corrected chi connectivity index (χ2v) is 5.76. The van der Waals surface area contributed by atoms with Crippen molar-refractivity contribution >= 4 is 21.4 Å². The molecule has 5 nitrogen and oxygen atoms in total. The van der Waals surface area contributed by atoms with Gasteiger partial charge in [0.2, 0.25) is 0 Å². The molecule has 0 radical (unpaired) electrons. The zero-order valence-corrected chi connectivity index (χ0v) is 11.3. The van der Waals surface area contributed by atoms with Gasteiger partial charge in [0.1, 0.15) is 4.90 Å². The number of nitrogen functional groups attached to an aromatic ring is 1. The Morgan fingerprint density at radius 2 is 1.90 bits per heavy atom. The van der Waals surface area contributed by atoms with Crippen LogP contribution in [0.15, 0.2) is 41.3 Å². The van der Waals surface area contributed by atoms with Gasteiger partial charge >= 0.3 is 0 Å². The number of nitrogens with one attached hydrogen (secondary N) is 1. The van der Waals surface area contributed by atoms with Crippen LogP contribution in [0.5, 0.6) is 0 Å². The average molecular weight is 309 g/mol. The third-order valence-electron chi connectivity index (χ3n) is 2.55. The number of nitriles is 1. The Kier molecular flexibility index (Phi) is 3.78. The van der Waals surface area contributed by atoms with Gasteiger partial charge in [0.05, 0.1) is 17.3 Å². The van der Waals surface area contributed by atoms with Gasteiger partial charge in [0.15, 0.2) is 11.6 Å². The first kappa shape index (κ1) is 14.7. The van der Waals surface area contributed by atoms with Crippen LogP contribution in [-0.2, 0) is 10.0 Å². The Hall–Kier alpha value is -2.66. The minimum atomic E-state index is -4.37. The van der Waals surface area contributed by atoms with Crippen molar-refractivity contribution in [1.82, 2.24) is 0 Å². The molecule has 108 valence electrons. The lowest BCUT2D eigenvalue weighted by molar-refractivity contribution is 0.486. The van der Waals surface area contributed by atoms with E-state index in [4.69, 9.17) is 11.0 Å². The Morgan fingerprint density at radius 1 is 1.19 bits per heavy atom. The molecule has 0 aliphatic rings. The van der Waals surface area contributed by atoms with Gasteiger partial charge in [-0.1, -0.05) is 6.07 Å². The standard InChI is InChI=1S/C13H9F2N3O2S/c14-11-5-9(17)6-12(13(11)15)21(19,20)18-10-3-1-2-8(4-10)7-16/h1-6,18H,17H2. The van der Waals surface area contributed by atoms with Crippen molar-refractivity contribution in [3.05, 3.63) is 53.6 Å². The van der Waals surface area contributed by atoms with Gasteiger partial charge < -0.3 is 5.73 Å². The Labute approximate surface area is 119 Å². The lowest BCUT2D eigenvalue weighted by atomic mass is 10.2. The number of halogens is 2. The lowest BCUT2D eigenvalue weighted by Crippen LogP contribution is -2.16. The van der Waals surface area contributed by atoms with Gasteiger partial charge in [-0.2, -0.15) is 5.26 Å². The molecule has 0 atom stereocenters. The molecule has 0 spiro atoms. The number of hydrogen-bond acceptors (Lipinski definition) is 4. The van der Waals surface area contributed by atoms with E-state index >= 15 is 0 Å². The maximum Gasteiger partial charge on any atom is 0.265 e. The summed E-state index contributed by atoms with van der Waals surface area (Å²) in [5.41, 5.74) is 5.37. The maximum atomic E-state index is 13.6. The van der Waals surface area contributed by atoms with Gasteiger partial charge in [-0.15, -0.1) is 0 Å². The summed E-state index contributed by atoms with van der Waals surface area (Å²) in [5.74, 6) is -2.88. The van der Waals surface area contributed by atoms with Gasteiger partial charge in [-0.3, -0.25) is 4.72 Å². The summed E-state index contributed by atoms with van der Waals surface area (Å²) in [6.45, 7) is 0. The van der Waals surface area contributed by atoms with E-state index in [1.165, 1.54) is 24.3 Å². The summed E-state index contributed by atoms with van der Waals surface area (Å²) < 4.78 is 53.1. The first-order valence-corrected chi connectivity index (χ1v) is 7.09. The van der Waals surface area contributed by atoms with Crippen LogP contribution in [0.2, 0.25) is 0 Å². The maximum absolute atomic E-state index is 13.6. The summed E-state index contributed by atoms with van der Waals surface area (Å²) in [4.78, 5) is -0.901. The lowest BCUT2D eigenvalue weighted by Gasteiger charge is -2.10. The second kappa shape index (κ2) is 5.38. The van der Waals surface area contributed by atoms with Gasteiger partial charge in [0.25, 0.3) is 10.0 Å². The quantitative estimate of drug-likeness (QED) is 0.850. The smallest absolute Gasteiger partial charge is 0.265 e. The fraction of sp³-hybridized carbons (Fsp3) is 0. The summed E-state index contributed by atoms with van der Waals surface area (Å²) in [6.07, 6.45) is 0. The molecule has 0 aromatic heterocycles. The van der Waals surface area contributed by atoms with Crippen LogP contribution in [0.3, 0.4) is 0 Å². The van der Waals surface area contributed by atoms with Crippen LogP contribution >= 0.6 is 0 Å². The molecule has 8 heteroatoms. The molecule has 2 rings (SSSR count). The van der Waals surface area contributed by atoms with E-state index in [1.54, 1.807) is 0 Å². The predicted molar refractivity (Wildman–Crippen MR) is 72.7 cm³/mol. The number of benzene rings is 2. The highest BCUT2D eigenvalue weighted by Crippen LogP contribution is 2.23. The molecule has 21 heavy (non-hydrogen) atoms. The number of rotatable bonds is 3. The molecule has 2 aromatic carbocycles. The van der Waals surface area contributed by atoms with Crippen LogP contribution < -0.4 is 10.5 Å². The largest absolute Gasteiger partial charge is 0.399 e. The van der Waals surface area contributed by atoms with Crippen LogP contribution in [0.1, 0.15) is 5.56 Å². The van der Waals surface area contributed by atoms with Crippen molar-refractivity contribution in [1.29, 1.82) is 5.26 Å². The molecule has 0 amide bonds. The monoisotopic (exact) mass is 309 g/mol. The highest BCUT2D eigenvalue weighted by atomic mass is 32.2. The Bertz CT molecular complexity index is 845. The molecular formula is C13H9F2N3O2S. The molecule has 2 aromatic rings. The molecule has 0 aliphatic heterocycles. The molecule has 3 N–H and O–H groups in total. The average Bonchev–Trinajstić information content (AvgIpc) is 2.42. The van der Waals surface area contributed by atoms with E-state index < -0.39 is 26.6 Å². The fourth-order valence-corrected chi connectivity index (χ4v) is 2.81. The third-order valence-corrected chi connectivity index (χ3v) is 3.93. The zero-order chi connectivity index (χ0) is 15.6. The third kappa shape index (κ3) is 3.09. The minimum Gasteiger partial charge on any atom is -0.399 e. The zero-order valence-electron chi connectivity index (χ0n) is 10.5. The number of sulfonamides is 1. The molecule has 0 fully saturated rings. The van der Waals surface area contributed by atoms with Crippen molar-refractivity contribution in [3.8, 4) is 6.07 Å². The summed E-state index contributed by atoms with van der Waals surface area (Å²) in [5, 5.41) is 8.74. The van der Waals surface area contributed by atoms with E-state index in [0.29, 0.717) is 6.07 Å². The molecule has 0 saturated carbocycles.